The fourth-order valence-corrected chi connectivity index (χ4v) is 7.90. The Balaban J connectivity index is 1.19. The van der Waals surface area contributed by atoms with Gasteiger partial charge in [-0.05, 0) is 38.9 Å². The highest BCUT2D eigenvalue weighted by Gasteiger charge is 2.50. The summed E-state index contributed by atoms with van der Waals surface area (Å²) in [6, 6.07) is 69.1. The van der Waals surface area contributed by atoms with Crippen LogP contribution in [0.15, 0.2) is 212 Å². The topological polar surface area (TPSA) is 84.5 Å². The van der Waals surface area contributed by atoms with E-state index in [1.54, 1.807) is 0 Å². The first-order chi connectivity index (χ1) is 30.7. The van der Waals surface area contributed by atoms with Crippen LogP contribution < -0.4 is 5.32 Å². The third-order valence-corrected chi connectivity index (χ3v) is 11.0. The number of hydrogen-bond donors (Lipinski definition) is 1. The van der Waals surface area contributed by atoms with Crippen molar-refractivity contribution in [2.24, 2.45) is 0 Å². The second-order valence-electron chi connectivity index (χ2n) is 15.2. The number of ether oxygens (including phenoxy) is 6. The van der Waals surface area contributed by atoms with Crippen LogP contribution >= 0.6 is 0 Å². The van der Waals surface area contributed by atoms with E-state index in [4.69, 9.17) is 28.4 Å². The van der Waals surface area contributed by atoms with Gasteiger partial charge in [0.25, 0.3) is 0 Å². The predicted molar refractivity (Wildman–Crippen MR) is 239 cm³/mol. The van der Waals surface area contributed by atoms with Gasteiger partial charge in [0.1, 0.15) is 36.6 Å². The number of carbonyl (C=O) groups excluding carboxylic acids is 1. The number of nitrogens with one attached hydrogen (secondary N) is 1. The van der Waals surface area contributed by atoms with Crippen LogP contribution in [0.4, 0.5) is 4.79 Å². The predicted octanol–water partition coefficient (Wildman–Crippen LogP) is 10.4. The molecule has 5 atom stereocenters. The van der Waals surface area contributed by atoms with Crippen molar-refractivity contribution in [2.45, 2.75) is 62.7 Å². The summed E-state index contributed by atoms with van der Waals surface area (Å²) in [4.78, 5) is 13.9. The highest BCUT2D eigenvalue weighted by molar-refractivity contribution is 5.67. The van der Waals surface area contributed by atoms with E-state index in [1.165, 1.54) is 0 Å². The second-order valence-corrected chi connectivity index (χ2v) is 15.2. The lowest BCUT2D eigenvalue weighted by atomic mass is 9.80. The minimum atomic E-state index is -1.05. The van der Waals surface area contributed by atoms with Crippen LogP contribution in [-0.2, 0) is 60.4 Å². The molecular formula is C54H51NO7. The Hall–Kier alpha value is -6.39. The summed E-state index contributed by atoms with van der Waals surface area (Å²) >= 11 is 0. The molecule has 1 N–H and O–H groups in total. The van der Waals surface area contributed by atoms with Crippen molar-refractivity contribution in [1.29, 1.82) is 0 Å². The number of amides is 1. The van der Waals surface area contributed by atoms with Gasteiger partial charge in [0, 0.05) is 0 Å². The van der Waals surface area contributed by atoms with E-state index in [-0.39, 0.29) is 33.0 Å². The van der Waals surface area contributed by atoms with Crippen molar-refractivity contribution in [2.75, 3.05) is 6.61 Å². The molecule has 0 aliphatic carbocycles. The van der Waals surface area contributed by atoms with E-state index in [0.29, 0.717) is 0 Å². The summed E-state index contributed by atoms with van der Waals surface area (Å²) in [7, 11) is 0. The molecule has 8 heteroatoms. The zero-order valence-electron chi connectivity index (χ0n) is 34.5. The Morgan fingerprint density at radius 3 is 1.23 bits per heavy atom. The molecular weight excluding hydrogens is 775 g/mol. The largest absolute Gasteiger partial charge is 0.445 e. The Morgan fingerprint density at radius 2 is 0.806 bits per heavy atom. The number of rotatable bonds is 18. The number of benzene rings is 7. The van der Waals surface area contributed by atoms with E-state index in [1.807, 2.05) is 176 Å². The lowest BCUT2D eigenvalue weighted by Gasteiger charge is -2.47. The zero-order chi connectivity index (χ0) is 42.2. The highest BCUT2D eigenvalue weighted by Crippen LogP contribution is 2.41. The first kappa shape index (κ1) is 42.3. The molecule has 8 nitrogen and oxygen atoms in total. The Kier molecular flexibility index (Phi) is 14.6. The van der Waals surface area contributed by atoms with Crippen molar-refractivity contribution in [3.63, 3.8) is 0 Å². The van der Waals surface area contributed by atoms with Gasteiger partial charge in [0.2, 0.25) is 0 Å². The lowest BCUT2D eigenvalue weighted by molar-refractivity contribution is -0.295. The van der Waals surface area contributed by atoms with Crippen LogP contribution in [-0.4, -0.2) is 43.3 Å². The van der Waals surface area contributed by atoms with Gasteiger partial charge in [-0.15, -0.1) is 0 Å². The molecule has 0 aromatic heterocycles. The SMILES string of the molecule is O=C(N[C@@H]1[C@@H](OCc2ccccc2)O[C@H](COC(c2ccccc2)(c2ccccc2)c2ccccc2)[C@@H](OCc2ccccc2)[C@@H]1OCc1ccccc1)OCc1ccccc1. The summed E-state index contributed by atoms with van der Waals surface area (Å²) in [6.45, 7) is 0.822. The minimum absolute atomic E-state index is 0.0553. The molecule has 1 heterocycles. The molecule has 0 unspecified atom stereocenters. The van der Waals surface area contributed by atoms with Gasteiger partial charge < -0.3 is 33.7 Å². The molecule has 62 heavy (non-hydrogen) atoms. The summed E-state index contributed by atoms with van der Waals surface area (Å²) in [6.07, 6.45) is -3.98. The lowest BCUT2D eigenvalue weighted by Crippen LogP contribution is -2.66. The third kappa shape index (κ3) is 10.7. The third-order valence-electron chi connectivity index (χ3n) is 11.0. The first-order valence-corrected chi connectivity index (χ1v) is 21.1. The summed E-state index contributed by atoms with van der Waals surface area (Å²) in [5.41, 5.74) is 5.52. The monoisotopic (exact) mass is 825 g/mol. The van der Waals surface area contributed by atoms with E-state index in [2.05, 4.69) is 41.7 Å². The zero-order valence-corrected chi connectivity index (χ0v) is 34.5. The van der Waals surface area contributed by atoms with Gasteiger partial charge in [-0.25, -0.2) is 4.79 Å². The van der Waals surface area contributed by atoms with Gasteiger partial charge in [0.05, 0.1) is 26.4 Å². The van der Waals surface area contributed by atoms with E-state index in [0.717, 1.165) is 38.9 Å². The van der Waals surface area contributed by atoms with Crippen molar-refractivity contribution in [3.8, 4) is 0 Å². The van der Waals surface area contributed by atoms with Gasteiger partial charge in [0.15, 0.2) is 6.29 Å². The average Bonchev–Trinajstić information content (AvgIpc) is 3.34. The first-order valence-electron chi connectivity index (χ1n) is 21.1. The molecule has 7 aromatic carbocycles. The molecule has 8 rings (SSSR count). The Labute approximate surface area is 364 Å². The highest BCUT2D eigenvalue weighted by atomic mass is 16.7. The van der Waals surface area contributed by atoms with Crippen LogP contribution in [0, 0.1) is 0 Å². The molecule has 314 valence electrons. The van der Waals surface area contributed by atoms with Crippen molar-refractivity contribution >= 4 is 6.09 Å². The average molecular weight is 826 g/mol. The Bertz CT molecular complexity index is 2260. The van der Waals surface area contributed by atoms with Gasteiger partial charge in [-0.2, -0.15) is 0 Å². The summed E-state index contributed by atoms with van der Waals surface area (Å²) in [5, 5.41) is 3.10. The maximum atomic E-state index is 13.9. The molecule has 1 fully saturated rings. The maximum absolute atomic E-state index is 13.9. The van der Waals surface area contributed by atoms with E-state index < -0.39 is 42.3 Å². The van der Waals surface area contributed by atoms with Gasteiger partial charge >= 0.3 is 6.09 Å². The van der Waals surface area contributed by atoms with Crippen molar-refractivity contribution in [1.82, 2.24) is 5.32 Å². The quantitative estimate of drug-likeness (QED) is 0.0863. The fourth-order valence-electron chi connectivity index (χ4n) is 7.90. The molecule has 1 aliphatic rings. The molecule has 1 aliphatic heterocycles. The molecule has 1 saturated heterocycles. The van der Waals surface area contributed by atoms with Gasteiger partial charge in [-0.1, -0.05) is 212 Å². The van der Waals surface area contributed by atoms with Crippen molar-refractivity contribution < 1.29 is 33.2 Å². The fraction of sp³-hybridized carbons (Fsp3) is 0.204. The summed E-state index contributed by atoms with van der Waals surface area (Å²) < 4.78 is 40.8. The maximum Gasteiger partial charge on any atom is 0.407 e. The van der Waals surface area contributed by atoms with Crippen LogP contribution in [0.3, 0.4) is 0 Å². The van der Waals surface area contributed by atoms with Crippen LogP contribution in [0.5, 0.6) is 0 Å². The number of carbonyl (C=O) groups is 1. The van der Waals surface area contributed by atoms with Crippen LogP contribution in [0.1, 0.15) is 38.9 Å². The normalized spacial score (nSPS) is 18.7. The second kappa shape index (κ2) is 21.4. The van der Waals surface area contributed by atoms with Crippen molar-refractivity contribution in [3.05, 3.63) is 251 Å². The molecule has 0 saturated carbocycles. The number of alkyl carbamates (subject to hydrolysis) is 1. The molecule has 1 amide bonds. The molecule has 0 radical (unpaired) electrons. The van der Waals surface area contributed by atoms with E-state index in [9.17, 15) is 4.79 Å². The van der Waals surface area contributed by atoms with Crippen LogP contribution in [0.25, 0.3) is 0 Å². The minimum Gasteiger partial charge on any atom is -0.445 e. The standard InChI is InChI=1S/C54H51NO7/c56-53(60-39-44-28-14-4-15-29-44)55-49-51(58-37-42-24-10-2-11-25-42)50(57-36-41-22-8-1-9-23-41)48(62-52(49)59-38-43-26-12-3-13-27-43)40-61-54(45-30-16-5-17-31-45,46-32-18-6-19-33-46)47-34-20-7-21-35-47/h1-35,48-52H,36-40H2,(H,55,56)/t48-,49+,50-,51-,52+/m1/s1. The molecule has 0 bridgehead atoms. The van der Waals surface area contributed by atoms with Gasteiger partial charge in [-0.3, -0.25) is 0 Å². The van der Waals surface area contributed by atoms with Crippen LogP contribution in [0.2, 0.25) is 0 Å². The van der Waals surface area contributed by atoms with E-state index >= 15 is 0 Å². The smallest absolute Gasteiger partial charge is 0.407 e. The Morgan fingerprint density at radius 1 is 0.452 bits per heavy atom. The molecule has 0 spiro atoms. The molecule has 7 aromatic rings. The number of hydrogen-bond acceptors (Lipinski definition) is 7. The summed E-state index contributed by atoms with van der Waals surface area (Å²) in [5.74, 6) is 0.